The Morgan fingerprint density at radius 1 is 1.23 bits per heavy atom. The monoisotopic (exact) mass is 402 g/mol. The van der Waals surface area contributed by atoms with E-state index in [4.69, 9.17) is 11.6 Å². The zero-order valence-corrected chi connectivity index (χ0v) is 16.9. The first-order valence-electron chi connectivity index (χ1n) is 9.06. The van der Waals surface area contributed by atoms with Gasteiger partial charge in [0.1, 0.15) is 0 Å². The quantitative estimate of drug-likeness (QED) is 0.342. The number of aromatic nitrogens is 4. The molecule has 1 atom stereocenters. The third kappa shape index (κ3) is 5.14. The number of fused-ring (bicyclic) bond motifs is 1. The van der Waals surface area contributed by atoms with Gasteiger partial charge in [0.15, 0.2) is 16.3 Å². The number of hydrogen-bond donors (Lipinski definition) is 2. The van der Waals surface area contributed by atoms with Gasteiger partial charge < -0.3 is 9.67 Å². The van der Waals surface area contributed by atoms with Crippen molar-refractivity contribution in [1.82, 2.24) is 19.1 Å². The molecule has 2 aromatic rings. The fourth-order valence-electron chi connectivity index (χ4n) is 2.80. The van der Waals surface area contributed by atoms with Gasteiger partial charge in [0.05, 0.1) is 6.10 Å². The SMILES string of the molecule is CCCCCCCCn1c(SC[C@@H](O)CCl)nc2c1c(=O)[nH]c(=O)n2C. The molecule has 0 spiro atoms. The summed E-state index contributed by atoms with van der Waals surface area (Å²) in [5.74, 6) is 0.527. The van der Waals surface area contributed by atoms with Gasteiger partial charge in [-0.05, 0) is 6.42 Å². The highest BCUT2D eigenvalue weighted by Crippen LogP contribution is 2.23. The molecule has 0 unspecified atom stereocenters. The van der Waals surface area contributed by atoms with Crippen LogP contribution in [0.4, 0.5) is 0 Å². The van der Waals surface area contributed by atoms with Gasteiger partial charge in [-0.3, -0.25) is 14.3 Å². The molecule has 2 rings (SSSR count). The lowest BCUT2D eigenvalue weighted by molar-refractivity contribution is 0.223. The second-order valence-corrected chi connectivity index (χ2v) is 7.72. The maximum absolute atomic E-state index is 12.3. The first kappa shape index (κ1) is 21.1. The summed E-state index contributed by atoms with van der Waals surface area (Å²) in [7, 11) is 1.59. The predicted octanol–water partition coefficient (Wildman–Crippen LogP) is 2.48. The molecule has 0 aromatic carbocycles. The van der Waals surface area contributed by atoms with Crippen LogP contribution in [-0.4, -0.2) is 41.9 Å². The van der Waals surface area contributed by atoms with Crippen LogP contribution in [0.1, 0.15) is 45.4 Å². The van der Waals surface area contributed by atoms with Crippen LogP contribution in [0.2, 0.25) is 0 Å². The standard InChI is InChI=1S/C17H27ClN4O3S/c1-3-4-5-6-7-8-9-22-13-14(21(2)16(25)20-15(13)24)19-17(22)26-11-12(23)10-18/h12,23H,3-11H2,1-2H3,(H,20,24,25)/t12-/m0/s1. The van der Waals surface area contributed by atoms with Gasteiger partial charge in [0.25, 0.3) is 5.56 Å². The number of thioether (sulfide) groups is 1. The van der Waals surface area contributed by atoms with Gasteiger partial charge in [0.2, 0.25) is 0 Å². The van der Waals surface area contributed by atoms with E-state index in [9.17, 15) is 14.7 Å². The maximum Gasteiger partial charge on any atom is 0.329 e. The first-order chi connectivity index (χ1) is 12.5. The van der Waals surface area contributed by atoms with Crippen molar-refractivity contribution in [3.05, 3.63) is 20.8 Å². The summed E-state index contributed by atoms with van der Waals surface area (Å²) < 4.78 is 3.20. The van der Waals surface area contributed by atoms with Crippen molar-refractivity contribution in [2.45, 2.75) is 63.3 Å². The summed E-state index contributed by atoms with van der Waals surface area (Å²) in [6, 6.07) is 0. The Kier molecular flexibility index (Phi) is 8.24. The summed E-state index contributed by atoms with van der Waals surface area (Å²) in [6.45, 7) is 2.84. The number of aryl methyl sites for hydroxylation is 2. The minimum atomic E-state index is -0.647. The molecule has 0 fully saturated rings. The molecule has 0 saturated carbocycles. The number of hydrogen-bond acceptors (Lipinski definition) is 5. The molecule has 26 heavy (non-hydrogen) atoms. The number of nitrogens with one attached hydrogen (secondary N) is 1. The van der Waals surface area contributed by atoms with E-state index in [0.717, 1.165) is 12.8 Å². The lowest BCUT2D eigenvalue weighted by atomic mass is 10.1. The molecule has 0 aliphatic heterocycles. The van der Waals surface area contributed by atoms with E-state index < -0.39 is 17.4 Å². The van der Waals surface area contributed by atoms with E-state index in [1.165, 1.54) is 42.0 Å². The van der Waals surface area contributed by atoms with E-state index in [1.807, 2.05) is 4.57 Å². The Morgan fingerprint density at radius 2 is 1.92 bits per heavy atom. The van der Waals surface area contributed by atoms with Gasteiger partial charge >= 0.3 is 5.69 Å². The highest BCUT2D eigenvalue weighted by Gasteiger charge is 2.18. The zero-order chi connectivity index (χ0) is 19.1. The largest absolute Gasteiger partial charge is 0.391 e. The van der Waals surface area contributed by atoms with Crippen LogP contribution in [-0.2, 0) is 13.6 Å². The third-order valence-corrected chi connectivity index (χ3v) is 5.77. The molecule has 7 nitrogen and oxygen atoms in total. The predicted molar refractivity (Wildman–Crippen MR) is 106 cm³/mol. The summed E-state index contributed by atoms with van der Waals surface area (Å²) in [5, 5.41) is 10.4. The molecule has 0 bridgehead atoms. The van der Waals surface area contributed by atoms with Crippen molar-refractivity contribution < 1.29 is 5.11 Å². The van der Waals surface area contributed by atoms with Crippen LogP contribution in [0.5, 0.6) is 0 Å². The number of rotatable bonds is 11. The van der Waals surface area contributed by atoms with E-state index in [-0.39, 0.29) is 5.88 Å². The number of H-pyrrole nitrogens is 1. The number of aromatic amines is 1. The normalized spacial score (nSPS) is 12.8. The van der Waals surface area contributed by atoms with E-state index >= 15 is 0 Å². The molecule has 2 heterocycles. The van der Waals surface area contributed by atoms with Crippen molar-refractivity contribution in [3.63, 3.8) is 0 Å². The molecule has 9 heteroatoms. The topological polar surface area (TPSA) is 92.9 Å². The average Bonchev–Trinajstić information content (AvgIpc) is 2.99. The van der Waals surface area contributed by atoms with Crippen LogP contribution in [0.15, 0.2) is 14.7 Å². The minimum absolute atomic E-state index is 0.143. The number of halogens is 1. The Morgan fingerprint density at radius 3 is 2.62 bits per heavy atom. The van der Waals surface area contributed by atoms with Gasteiger partial charge in [-0.25, -0.2) is 9.78 Å². The number of aliphatic hydroxyl groups excluding tert-OH is 1. The van der Waals surface area contributed by atoms with Gasteiger partial charge in [0, 0.05) is 25.2 Å². The lowest BCUT2D eigenvalue weighted by Gasteiger charge is -2.10. The van der Waals surface area contributed by atoms with Crippen molar-refractivity contribution in [1.29, 1.82) is 0 Å². The molecule has 0 saturated heterocycles. The number of alkyl halides is 1. The number of aliphatic hydroxyl groups is 1. The number of nitrogens with zero attached hydrogens (tertiary/aromatic N) is 3. The molecular weight excluding hydrogens is 376 g/mol. The maximum atomic E-state index is 12.3. The van der Waals surface area contributed by atoms with E-state index in [1.54, 1.807) is 7.05 Å². The van der Waals surface area contributed by atoms with Crippen LogP contribution < -0.4 is 11.2 Å². The van der Waals surface area contributed by atoms with Crippen LogP contribution in [0, 0.1) is 0 Å². The Labute approximate surface area is 161 Å². The highest BCUT2D eigenvalue weighted by atomic mass is 35.5. The van der Waals surface area contributed by atoms with Gasteiger partial charge in [-0.15, -0.1) is 11.6 Å². The molecule has 2 aromatic heterocycles. The van der Waals surface area contributed by atoms with Crippen molar-refractivity contribution in [3.8, 4) is 0 Å². The second kappa shape index (κ2) is 10.2. The summed E-state index contributed by atoms with van der Waals surface area (Å²) in [5.41, 5.74) is -0.133. The summed E-state index contributed by atoms with van der Waals surface area (Å²) >= 11 is 7.01. The fraction of sp³-hybridized carbons (Fsp3) is 0.706. The van der Waals surface area contributed by atoms with Crippen LogP contribution in [0.3, 0.4) is 0 Å². The first-order valence-corrected chi connectivity index (χ1v) is 10.6. The van der Waals surface area contributed by atoms with Gasteiger partial charge in [-0.2, -0.15) is 0 Å². The lowest BCUT2D eigenvalue weighted by Crippen LogP contribution is -2.29. The molecule has 0 aliphatic rings. The van der Waals surface area contributed by atoms with Crippen molar-refractivity contribution in [2.75, 3.05) is 11.6 Å². The van der Waals surface area contributed by atoms with E-state index in [2.05, 4.69) is 16.9 Å². The van der Waals surface area contributed by atoms with E-state index in [0.29, 0.717) is 28.6 Å². The van der Waals surface area contributed by atoms with Gasteiger partial charge in [-0.1, -0.05) is 50.8 Å². The molecule has 2 N–H and O–H groups in total. The smallest absolute Gasteiger partial charge is 0.329 e. The van der Waals surface area contributed by atoms with Crippen LogP contribution >= 0.6 is 23.4 Å². The molecule has 146 valence electrons. The summed E-state index contributed by atoms with van der Waals surface area (Å²) in [4.78, 5) is 31.0. The fourth-order valence-corrected chi connectivity index (χ4v) is 3.98. The molecule has 0 aliphatic carbocycles. The second-order valence-electron chi connectivity index (χ2n) is 6.42. The summed E-state index contributed by atoms with van der Waals surface area (Å²) in [6.07, 6.45) is 6.21. The Bertz CT molecular complexity index is 830. The Hall–Kier alpha value is -1.25. The van der Waals surface area contributed by atoms with Crippen molar-refractivity contribution >= 4 is 34.5 Å². The minimum Gasteiger partial charge on any atom is -0.391 e. The third-order valence-electron chi connectivity index (χ3n) is 4.29. The van der Waals surface area contributed by atoms with Crippen LogP contribution in [0.25, 0.3) is 11.2 Å². The average molecular weight is 403 g/mol. The Balaban J connectivity index is 2.26. The zero-order valence-electron chi connectivity index (χ0n) is 15.3. The molecule has 0 radical (unpaired) electrons. The van der Waals surface area contributed by atoms with Crippen molar-refractivity contribution in [2.24, 2.45) is 7.05 Å². The highest BCUT2D eigenvalue weighted by molar-refractivity contribution is 7.99. The molecular formula is C17H27ClN4O3S. The molecule has 0 amide bonds. The number of unbranched alkanes of at least 4 members (excludes halogenated alkanes) is 5. The number of imidazole rings is 1.